The van der Waals surface area contributed by atoms with Crippen LogP contribution in [-0.2, 0) is 4.79 Å². The second-order valence-electron chi connectivity index (χ2n) is 3.62. The molecule has 0 spiro atoms. The van der Waals surface area contributed by atoms with Gasteiger partial charge in [-0.05, 0) is 19.1 Å². The second kappa shape index (κ2) is 4.97. The Balaban J connectivity index is 2.25. The first-order valence-corrected chi connectivity index (χ1v) is 7.09. The molecule has 86 valence electrons. The number of hydrogen-bond acceptors (Lipinski definition) is 5. The van der Waals surface area contributed by atoms with Crippen LogP contribution in [0.25, 0.3) is 0 Å². The van der Waals surface area contributed by atoms with E-state index in [4.69, 9.17) is 0 Å². The molecule has 1 N–H and O–H groups in total. The Morgan fingerprint density at radius 3 is 2.88 bits per heavy atom. The first-order chi connectivity index (χ1) is 7.76. The molecule has 16 heavy (non-hydrogen) atoms. The number of nitrogens with zero attached hydrogens (tertiary/aromatic N) is 1. The van der Waals surface area contributed by atoms with Crippen LogP contribution in [0.2, 0.25) is 0 Å². The Labute approximate surface area is 102 Å². The van der Waals surface area contributed by atoms with Crippen molar-refractivity contribution >= 4 is 41.1 Å². The van der Waals surface area contributed by atoms with Crippen molar-refractivity contribution in [2.45, 2.75) is 23.6 Å². The molecule has 0 aliphatic heterocycles. The van der Waals surface area contributed by atoms with Crippen molar-refractivity contribution in [3.63, 3.8) is 0 Å². The number of Topliss-reactive ketones (excluding diaryl/α,β-unsaturated/α-hetero) is 1. The van der Waals surface area contributed by atoms with Gasteiger partial charge in [0.05, 0.1) is 0 Å². The van der Waals surface area contributed by atoms with Gasteiger partial charge in [-0.15, -0.1) is 11.3 Å². The van der Waals surface area contributed by atoms with Crippen molar-refractivity contribution in [1.82, 2.24) is 4.98 Å². The number of aromatic nitrogens is 1. The highest BCUT2D eigenvalue weighted by Gasteiger charge is 2.30. The van der Waals surface area contributed by atoms with Gasteiger partial charge in [0, 0.05) is 5.92 Å². The highest BCUT2D eigenvalue weighted by atomic mass is 32.2. The predicted molar refractivity (Wildman–Crippen MR) is 65.3 cm³/mol. The number of thiazole rings is 1. The van der Waals surface area contributed by atoms with Gasteiger partial charge in [-0.3, -0.25) is 9.59 Å². The lowest BCUT2D eigenvalue weighted by molar-refractivity contribution is -0.105. The monoisotopic (exact) mass is 256 g/mol. The Kier molecular flexibility index (Phi) is 3.60. The highest BCUT2D eigenvalue weighted by molar-refractivity contribution is 8.00. The van der Waals surface area contributed by atoms with E-state index in [2.05, 4.69) is 10.3 Å². The molecule has 1 heterocycles. The number of ketones is 1. The molecule has 4 nitrogen and oxygen atoms in total. The maximum Gasteiger partial charge on any atom is 0.212 e. The van der Waals surface area contributed by atoms with Gasteiger partial charge >= 0.3 is 0 Å². The van der Waals surface area contributed by atoms with Crippen LogP contribution in [0.4, 0.5) is 5.82 Å². The fraction of sp³-hybridized carbons (Fsp3) is 0.500. The quantitative estimate of drug-likeness (QED) is 0.499. The Hall–Kier alpha value is -0.880. The summed E-state index contributed by atoms with van der Waals surface area (Å²) >= 11 is 2.85. The number of hydrogen-bond donors (Lipinski definition) is 1. The standard InChI is InChI=1S/C10H12N2O2S2/c1-15-10-12-9(11-5-13)8(16-10)7(14)6-3-2-4-6/h5-6H,2-4H2,1H3,(H,11,13). The van der Waals surface area contributed by atoms with Gasteiger partial charge in [0.25, 0.3) is 0 Å². The molecular weight excluding hydrogens is 244 g/mol. The predicted octanol–water partition coefficient (Wildman–Crippen LogP) is 2.42. The van der Waals surface area contributed by atoms with Crippen molar-refractivity contribution in [2.24, 2.45) is 5.92 Å². The SMILES string of the molecule is CSc1nc(NC=O)c(C(=O)C2CCC2)s1. The molecule has 6 heteroatoms. The molecule has 0 saturated heterocycles. The van der Waals surface area contributed by atoms with Gasteiger partial charge in [-0.2, -0.15) is 0 Å². The van der Waals surface area contributed by atoms with E-state index in [0.717, 1.165) is 23.6 Å². The van der Waals surface area contributed by atoms with E-state index < -0.39 is 0 Å². The molecule has 1 aromatic rings. The number of nitrogens with one attached hydrogen (secondary N) is 1. The average Bonchev–Trinajstić information content (AvgIpc) is 2.59. The molecule has 0 bridgehead atoms. The third kappa shape index (κ3) is 2.12. The minimum atomic E-state index is 0.133. The van der Waals surface area contributed by atoms with Gasteiger partial charge in [-0.1, -0.05) is 18.2 Å². The van der Waals surface area contributed by atoms with E-state index in [1.807, 2.05) is 6.26 Å². The topological polar surface area (TPSA) is 59.1 Å². The summed E-state index contributed by atoms with van der Waals surface area (Å²) in [5.74, 6) is 0.692. The summed E-state index contributed by atoms with van der Waals surface area (Å²) in [6.07, 6.45) is 5.52. The molecule has 2 rings (SSSR count). The van der Waals surface area contributed by atoms with Crippen LogP contribution < -0.4 is 5.32 Å². The molecule has 1 aliphatic carbocycles. The van der Waals surface area contributed by atoms with Crippen LogP contribution in [0.1, 0.15) is 28.9 Å². The zero-order chi connectivity index (χ0) is 11.5. The van der Waals surface area contributed by atoms with Crippen LogP contribution in [0.3, 0.4) is 0 Å². The molecule has 1 saturated carbocycles. The molecule has 1 amide bonds. The highest BCUT2D eigenvalue weighted by Crippen LogP contribution is 2.36. The van der Waals surface area contributed by atoms with Gasteiger partial charge in [0.15, 0.2) is 15.9 Å². The van der Waals surface area contributed by atoms with Crippen molar-refractivity contribution in [3.8, 4) is 0 Å². The van der Waals surface area contributed by atoms with Crippen molar-refractivity contribution < 1.29 is 9.59 Å². The molecule has 1 aliphatic rings. The van der Waals surface area contributed by atoms with E-state index in [9.17, 15) is 9.59 Å². The van der Waals surface area contributed by atoms with E-state index in [1.54, 1.807) is 0 Å². The minimum Gasteiger partial charge on any atom is -0.312 e. The van der Waals surface area contributed by atoms with Gasteiger partial charge in [0.1, 0.15) is 4.88 Å². The Bertz CT molecular complexity index is 413. The molecule has 0 atom stereocenters. The molecule has 0 aromatic carbocycles. The van der Waals surface area contributed by atoms with Gasteiger partial charge in [0.2, 0.25) is 6.41 Å². The number of rotatable bonds is 5. The molecule has 1 aromatic heterocycles. The fourth-order valence-corrected chi connectivity index (χ4v) is 3.11. The Morgan fingerprint density at radius 2 is 2.38 bits per heavy atom. The van der Waals surface area contributed by atoms with Crippen LogP contribution in [-0.4, -0.2) is 23.4 Å². The van der Waals surface area contributed by atoms with E-state index >= 15 is 0 Å². The summed E-state index contributed by atoms with van der Waals surface area (Å²) < 4.78 is 0.812. The minimum absolute atomic E-state index is 0.133. The van der Waals surface area contributed by atoms with Gasteiger partial charge in [-0.25, -0.2) is 4.98 Å². The first kappa shape index (κ1) is 11.6. The number of anilines is 1. The zero-order valence-corrected chi connectivity index (χ0v) is 10.5. The van der Waals surface area contributed by atoms with E-state index in [1.165, 1.54) is 23.1 Å². The first-order valence-electron chi connectivity index (χ1n) is 5.05. The lowest BCUT2D eigenvalue weighted by atomic mass is 9.82. The second-order valence-corrected chi connectivity index (χ2v) is 5.67. The lowest BCUT2D eigenvalue weighted by Gasteiger charge is -2.23. The fourth-order valence-electron chi connectivity index (χ4n) is 1.56. The number of carbonyl (C=O) groups excluding carboxylic acids is 2. The molecular formula is C10H12N2O2S2. The third-order valence-electron chi connectivity index (χ3n) is 2.68. The third-order valence-corrected chi connectivity index (χ3v) is 4.73. The van der Waals surface area contributed by atoms with Crippen LogP contribution in [0.5, 0.6) is 0 Å². The molecule has 0 unspecified atom stereocenters. The normalized spacial score (nSPS) is 15.6. The Morgan fingerprint density at radius 1 is 1.62 bits per heavy atom. The molecule has 0 radical (unpaired) electrons. The maximum absolute atomic E-state index is 12.1. The zero-order valence-electron chi connectivity index (χ0n) is 8.86. The summed E-state index contributed by atoms with van der Waals surface area (Å²) in [5, 5.41) is 2.50. The smallest absolute Gasteiger partial charge is 0.212 e. The van der Waals surface area contributed by atoms with Crippen LogP contribution >= 0.6 is 23.1 Å². The van der Waals surface area contributed by atoms with Gasteiger partial charge < -0.3 is 5.32 Å². The summed E-state index contributed by atoms with van der Waals surface area (Å²) in [4.78, 5) is 27.3. The van der Waals surface area contributed by atoms with Crippen molar-refractivity contribution in [1.29, 1.82) is 0 Å². The lowest BCUT2D eigenvalue weighted by Crippen LogP contribution is -2.22. The van der Waals surface area contributed by atoms with Crippen molar-refractivity contribution in [3.05, 3.63) is 4.88 Å². The van der Waals surface area contributed by atoms with Crippen LogP contribution in [0, 0.1) is 5.92 Å². The average molecular weight is 256 g/mol. The summed E-state index contributed by atoms with van der Waals surface area (Å²) in [6, 6.07) is 0. The summed E-state index contributed by atoms with van der Waals surface area (Å²) in [7, 11) is 0. The number of thioether (sulfide) groups is 1. The summed E-state index contributed by atoms with van der Waals surface area (Å²) in [6.45, 7) is 0. The molecule has 1 fully saturated rings. The number of carbonyl (C=O) groups is 2. The largest absolute Gasteiger partial charge is 0.312 e. The van der Waals surface area contributed by atoms with Crippen LogP contribution in [0.15, 0.2) is 4.34 Å². The van der Waals surface area contributed by atoms with E-state index in [0.29, 0.717) is 17.1 Å². The number of amides is 1. The van der Waals surface area contributed by atoms with Crippen molar-refractivity contribution in [2.75, 3.05) is 11.6 Å². The summed E-state index contributed by atoms with van der Waals surface area (Å²) in [5.41, 5.74) is 0. The maximum atomic E-state index is 12.1. The van der Waals surface area contributed by atoms with E-state index in [-0.39, 0.29) is 11.7 Å².